The van der Waals surface area contributed by atoms with E-state index in [1.54, 1.807) is 7.11 Å². The molecule has 0 saturated heterocycles. The second-order valence-electron chi connectivity index (χ2n) is 3.45. The molecule has 1 aromatic rings. The quantitative estimate of drug-likeness (QED) is 0.751. The molecule has 2 nitrogen and oxygen atoms in total. The van der Waals surface area contributed by atoms with E-state index in [2.05, 4.69) is 37.0 Å². The number of methoxy groups -OCH3 is 1. The molecule has 0 fully saturated rings. The van der Waals surface area contributed by atoms with Crippen LogP contribution in [0.25, 0.3) is 0 Å². The highest BCUT2D eigenvalue weighted by Gasteiger charge is 2.12. The third-order valence-electron chi connectivity index (χ3n) is 2.61. The van der Waals surface area contributed by atoms with Crippen LogP contribution in [0.3, 0.4) is 0 Å². The van der Waals surface area contributed by atoms with E-state index in [1.165, 1.54) is 11.1 Å². The fourth-order valence-electron chi connectivity index (χ4n) is 1.62. The molecule has 84 valence electrons. The zero-order chi connectivity index (χ0) is 11.3. The Bertz CT molecular complexity index is 310. The van der Waals surface area contributed by atoms with Gasteiger partial charge in [-0.05, 0) is 25.1 Å². The summed E-state index contributed by atoms with van der Waals surface area (Å²) in [5.41, 5.74) is 2.52. The van der Waals surface area contributed by atoms with Crippen molar-refractivity contribution in [3.05, 3.63) is 29.3 Å². The highest BCUT2D eigenvalue weighted by molar-refractivity contribution is 7.80. The standard InChI is InChI=1S/C12H19NOS/c1-4-9-5-6-12(14-3)10(7-9)11(8-15)13-2/h5-7,11,13,15H,4,8H2,1-3H3. The summed E-state index contributed by atoms with van der Waals surface area (Å²) in [7, 11) is 3.65. The molecule has 1 aromatic carbocycles. The van der Waals surface area contributed by atoms with Gasteiger partial charge in [0.05, 0.1) is 7.11 Å². The first-order chi connectivity index (χ1) is 7.26. The van der Waals surface area contributed by atoms with Crippen molar-refractivity contribution >= 4 is 12.6 Å². The second-order valence-corrected chi connectivity index (χ2v) is 3.82. The number of rotatable bonds is 5. The molecule has 0 aliphatic carbocycles. The van der Waals surface area contributed by atoms with Gasteiger partial charge in [0.2, 0.25) is 0 Å². The van der Waals surface area contributed by atoms with E-state index >= 15 is 0 Å². The number of hydrogen-bond donors (Lipinski definition) is 2. The predicted molar refractivity (Wildman–Crippen MR) is 68.0 cm³/mol. The SMILES string of the molecule is CCc1ccc(OC)c(C(CS)NC)c1. The van der Waals surface area contributed by atoms with Gasteiger partial charge in [-0.25, -0.2) is 0 Å². The second kappa shape index (κ2) is 6.03. The van der Waals surface area contributed by atoms with Crippen molar-refractivity contribution in [1.29, 1.82) is 0 Å². The van der Waals surface area contributed by atoms with E-state index in [4.69, 9.17) is 4.74 Å². The molecule has 0 heterocycles. The first kappa shape index (κ1) is 12.4. The lowest BCUT2D eigenvalue weighted by molar-refractivity contribution is 0.404. The fraction of sp³-hybridized carbons (Fsp3) is 0.500. The molecule has 0 aliphatic rings. The summed E-state index contributed by atoms with van der Waals surface area (Å²) in [6, 6.07) is 6.57. The highest BCUT2D eigenvalue weighted by atomic mass is 32.1. The lowest BCUT2D eigenvalue weighted by Crippen LogP contribution is -2.18. The summed E-state index contributed by atoms with van der Waals surface area (Å²) < 4.78 is 5.36. The van der Waals surface area contributed by atoms with Gasteiger partial charge in [-0.3, -0.25) is 0 Å². The first-order valence-corrected chi connectivity index (χ1v) is 5.85. The van der Waals surface area contributed by atoms with Crippen LogP contribution in [0.2, 0.25) is 0 Å². The minimum Gasteiger partial charge on any atom is -0.496 e. The first-order valence-electron chi connectivity index (χ1n) is 5.21. The smallest absolute Gasteiger partial charge is 0.123 e. The van der Waals surface area contributed by atoms with Crippen LogP contribution in [0.5, 0.6) is 5.75 Å². The van der Waals surface area contributed by atoms with E-state index in [9.17, 15) is 0 Å². The lowest BCUT2D eigenvalue weighted by atomic mass is 10.0. The summed E-state index contributed by atoms with van der Waals surface area (Å²) in [6.07, 6.45) is 1.04. The van der Waals surface area contributed by atoms with Crippen molar-refractivity contribution in [2.75, 3.05) is 19.9 Å². The van der Waals surface area contributed by atoms with Crippen molar-refractivity contribution in [2.45, 2.75) is 19.4 Å². The van der Waals surface area contributed by atoms with E-state index < -0.39 is 0 Å². The molecular formula is C12H19NOS. The molecule has 1 N–H and O–H groups in total. The largest absolute Gasteiger partial charge is 0.496 e. The Morgan fingerprint density at radius 2 is 2.20 bits per heavy atom. The molecule has 0 bridgehead atoms. The average molecular weight is 225 g/mol. The van der Waals surface area contributed by atoms with Crippen LogP contribution in [0, 0.1) is 0 Å². The fourth-order valence-corrected chi connectivity index (χ4v) is 2.00. The average Bonchev–Trinajstić information content (AvgIpc) is 2.30. The van der Waals surface area contributed by atoms with Gasteiger partial charge in [0.15, 0.2) is 0 Å². The Hall–Kier alpha value is -0.670. The third kappa shape index (κ3) is 2.89. The van der Waals surface area contributed by atoms with Crippen LogP contribution in [-0.2, 0) is 6.42 Å². The van der Waals surface area contributed by atoms with E-state index in [-0.39, 0.29) is 6.04 Å². The van der Waals surface area contributed by atoms with Crippen LogP contribution in [0.1, 0.15) is 24.1 Å². The molecule has 1 rings (SSSR count). The maximum Gasteiger partial charge on any atom is 0.123 e. The maximum atomic E-state index is 5.36. The van der Waals surface area contributed by atoms with Crippen molar-refractivity contribution in [1.82, 2.24) is 5.32 Å². The molecule has 0 aliphatic heterocycles. The van der Waals surface area contributed by atoms with Gasteiger partial charge >= 0.3 is 0 Å². The van der Waals surface area contributed by atoms with Gasteiger partial charge in [-0.15, -0.1) is 0 Å². The number of hydrogen-bond acceptors (Lipinski definition) is 3. The minimum absolute atomic E-state index is 0.245. The van der Waals surface area contributed by atoms with E-state index in [1.807, 2.05) is 13.1 Å². The molecule has 0 amide bonds. The Balaban J connectivity index is 3.09. The molecule has 3 heteroatoms. The van der Waals surface area contributed by atoms with Crippen molar-refractivity contribution in [3.63, 3.8) is 0 Å². The lowest BCUT2D eigenvalue weighted by Gasteiger charge is -2.18. The summed E-state index contributed by atoms with van der Waals surface area (Å²) in [5.74, 6) is 1.70. The Morgan fingerprint density at radius 1 is 1.47 bits per heavy atom. The van der Waals surface area contributed by atoms with Gasteiger partial charge < -0.3 is 10.1 Å². The number of thiol groups is 1. The van der Waals surface area contributed by atoms with Crippen LogP contribution < -0.4 is 10.1 Å². The molecular weight excluding hydrogens is 206 g/mol. The third-order valence-corrected chi connectivity index (χ3v) is 2.97. The van der Waals surface area contributed by atoms with Gasteiger partial charge in [0, 0.05) is 17.4 Å². The molecule has 1 atom stereocenters. The normalized spacial score (nSPS) is 12.5. The number of aryl methyl sites for hydroxylation is 1. The Morgan fingerprint density at radius 3 is 2.67 bits per heavy atom. The van der Waals surface area contributed by atoms with Crippen molar-refractivity contribution in [2.24, 2.45) is 0 Å². The van der Waals surface area contributed by atoms with Gasteiger partial charge in [0.1, 0.15) is 5.75 Å². The molecule has 0 saturated carbocycles. The topological polar surface area (TPSA) is 21.3 Å². The predicted octanol–water partition coefficient (Wildman–Crippen LogP) is 2.45. The highest BCUT2D eigenvalue weighted by Crippen LogP contribution is 2.27. The number of nitrogens with one attached hydrogen (secondary N) is 1. The molecule has 0 spiro atoms. The minimum atomic E-state index is 0.245. The van der Waals surface area contributed by atoms with Crippen LogP contribution >= 0.6 is 12.6 Å². The summed E-state index contributed by atoms with van der Waals surface area (Å²) in [5, 5.41) is 3.24. The van der Waals surface area contributed by atoms with Crippen molar-refractivity contribution < 1.29 is 4.74 Å². The van der Waals surface area contributed by atoms with Gasteiger partial charge in [-0.1, -0.05) is 19.1 Å². The van der Waals surface area contributed by atoms with Crippen molar-refractivity contribution in [3.8, 4) is 5.75 Å². The zero-order valence-electron chi connectivity index (χ0n) is 9.58. The molecule has 15 heavy (non-hydrogen) atoms. The van der Waals surface area contributed by atoms with Crippen LogP contribution in [-0.4, -0.2) is 19.9 Å². The maximum absolute atomic E-state index is 5.36. The van der Waals surface area contributed by atoms with E-state index in [0.717, 1.165) is 17.9 Å². The van der Waals surface area contributed by atoms with Gasteiger partial charge in [0.25, 0.3) is 0 Å². The summed E-state index contributed by atoms with van der Waals surface area (Å²) in [6.45, 7) is 2.15. The van der Waals surface area contributed by atoms with Crippen LogP contribution in [0.15, 0.2) is 18.2 Å². The monoisotopic (exact) mass is 225 g/mol. The number of benzene rings is 1. The zero-order valence-corrected chi connectivity index (χ0v) is 10.5. The van der Waals surface area contributed by atoms with Gasteiger partial charge in [-0.2, -0.15) is 12.6 Å². The Kier molecular flexibility index (Phi) is 4.99. The summed E-state index contributed by atoms with van der Waals surface area (Å²) in [4.78, 5) is 0. The molecule has 0 radical (unpaired) electrons. The van der Waals surface area contributed by atoms with E-state index in [0.29, 0.717) is 0 Å². The van der Waals surface area contributed by atoms with Crippen LogP contribution in [0.4, 0.5) is 0 Å². The summed E-state index contributed by atoms with van der Waals surface area (Å²) >= 11 is 4.34. The number of ether oxygens (including phenoxy) is 1. The molecule has 1 unspecified atom stereocenters. The Labute approximate surface area is 97.4 Å². The molecule has 0 aromatic heterocycles.